The third-order valence-electron chi connectivity index (χ3n) is 2.62. The van der Waals surface area contributed by atoms with Gasteiger partial charge in [-0.15, -0.1) is 0 Å². The lowest BCUT2D eigenvalue weighted by Crippen LogP contribution is -2.38. The van der Waals surface area contributed by atoms with Crippen molar-refractivity contribution in [3.8, 4) is 5.75 Å². The molecule has 1 N–H and O–H groups in total. The Labute approximate surface area is 117 Å². The number of hydrogen-bond acceptors (Lipinski definition) is 5. The zero-order chi connectivity index (χ0) is 16.4. The smallest absolute Gasteiger partial charge is 0.408 e. The van der Waals surface area contributed by atoms with Crippen molar-refractivity contribution < 1.29 is 35.8 Å². The van der Waals surface area contributed by atoms with Crippen molar-refractivity contribution in [1.29, 1.82) is 0 Å². The van der Waals surface area contributed by atoms with Gasteiger partial charge >= 0.3 is 6.18 Å². The van der Waals surface area contributed by atoms with E-state index >= 15 is 0 Å². The second kappa shape index (κ2) is 5.85. The highest BCUT2D eigenvalue weighted by molar-refractivity contribution is 7.86. The van der Waals surface area contributed by atoms with Crippen molar-refractivity contribution in [1.82, 2.24) is 0 Å². The third kappa shape index (κ3) is 4.29. The van der Waals surface area contributed by atoms with Crippen LogP contribution in [0.4, 0.5) is 18.9 Å². The summed E-state index contributed by atoms with van der Waals surface area (Å²) in [5.41, 5.74) is -1.21. The predicted octanol–water partition coefficient (Wildman–Crippen LogP) is 1.96. The number of ether oxygens (including phenoxy) is 1. The van der Waals surface area contributed by atoms with Crippen molar-refractivity contribution >= 4 is 15.8 Å². The molecule has 1 aromatic rings. The molecule has 1 aromatic carbocycles. The molecule has 21 heavy (non-hydrogen) atoms. The molecule has 0 radical (unpaired) electrons. The van der Waals surface area contributed by atoms with E-state index in [-0.39, 0.29) is 5.75 Å². The normalized spacial score (nSPS) is 13.8. The van der Waals surface area contributed by atoms with Gasteiger partial charge in [-0.2, -0.15) is 21.6 Å². The van der Waals surface area contributed by atoms with Gasteiger partial charge in [-0.25, -0.2) is 0 Å². The van der Waals surface area contributed by atoms with Gasteiger partial charge in [-0.3, -0.25) is 14.7 Å². The molecule has 118 valence electrons. The molecule has 1 atom stereocenters. The molecule has 0 amide bonds. The molecule has 0 bridgehead atoms. The second-order valence-electron chi connectivity index (χ2n) is 4.00. The number of halogens is 3. The SMILES string of the molecule is COc1ccc(CC(C(F)(F)F)S(=O)(=O)O)c([N+](=O)[O-])c1. The number of hydrogen-bond donors (Lipinski definition) is 1. The first-order chi connectivity index (χ1) is 9.46. The molecular formula is C10H10F3NO6S. The number of rotatable bonds is 5. The molecule has 0 fully saturated rings. The summed E-state index contributed by atoms with van der Waals surface area (Å²) in [5, 5.41) is 7.69. The van der Waals surface area contributed by atoms with Gasteiger partial charge in [0.25, 0.3) is 15.8 Å². The molecular weight excluding hydrogens is 319 g/mol. The molecule has 0 saturated heterocycles. The van der Waals surface area contributed by atoms with E-state index in [1.165, 1.54) is 7.11 Å². The summed E-state index contributed by atoms with van der Waals surface area (Å²) in [6.07, 6.45) is -6.54. The Morgan fingerprint density at radius 1 is 1.43 bits per heavy atom. The van der Waals surface area contributed by atoms with Gasteiger partial charge < -0.3 is 4.74 Å². The van der Waals surface area contributed by atoms with E-state index in [1.807, 2.05) is 0 Å². The lowest BCUT2D eigenvalue weighted by Gasteiger charge is -2.17. The van der Waals surface area contributed by atoms with Crippen molar-refractivity contribution in [2.45, 2.75) is 17.8 Å². The standard InChI is InChI=1S/C10H10F3NO6S/c1-20-7-3-2-6(8(5-7)14(15)16)4-9(10(11,12)13)21(17,18)19/h2-3,5,9H,4H2,1H3,(H,17,18,19). The summed E-state index contributed by atoms with van der Waals surface area (Å²) in [6, 6.07) is 2.97. The van der Waals surface area contributed by atoms with Crippen LogP contribution in [0.5, 0.6) is 5.75 Å². The highest BCUT2D eigenvalue weighted by atomic mass is 32.2. The summed E-state index contributed by atoms with van der Waals surface area (Å²) in [7, 11) is -4.25. The number of benzene rings is 1. The minimum absolute atomic E-state index is 0.0286. The van der Waals surface area contributed by atoms with Crippen LogP contribution in [0.25, 0.3) is 0 Å². The van der Waals surface area contributed by atoms with Crippen LogP contribution in [-0.4, -0.2) is 36.4 Å². The molecule has 1 rings (SSSR count). The van der Waals surface area contributed by atoms with Gasteiger partial charge in [0.05, 0.1) is 18.1 Å². The fraction of sp³-hybridized carbons (Fsp3) is 0.400. The van der Waals surface area contributed by atoms with Crippen LogP contribution < -0.4 is 4.74 Å². The fourth-order valence-electron chi connectivity index (χ4n) is 1.60. The van der Waals surface area contributed by atoms with Crippen LogP contribution >= 0.6 is 0 Å². The second-order valence-corrected chi connectivity index (χ2v) is 5.60. The van der Waals surface area contributed by atoms with Crippen LogP contribution in [0, 0.1) is 10.1 Å². The van der Waals surface area contributed by atoms with Gasteiger partial charge in [0.2, 0.25) is 0 Å². The first-order valence-corrected chi connectivity index (χ1v) is 6.81. The predicted molar refractivity (Wildman–Crippen MR) is 64.7 cm³/mol. The Balaban J connectivity index is 3.31. The van der Waals surface area contributed by atoms with Crippen molar-refractivity contribution in [3.05, 3.63) is 33.9 Å². The molecule has 0 aliphatic rings. The first kappa shape index (κ1) is 17.2. The van der Waals surface area contributed by atoms with Crippen LogP contribution in [0.1, 0.15) is 5.56 Å². The van der Waals surface area contributed by atoms with E-state index in [0.717, 1.165) is 18.2 Å². The summed E-state index contributed by atoms with van der Waals surface area (Å²) in [6.45, 7) is 0. The number of nitro groups is 1. The maximum Gasteiger partial charge on any atom is 0.408 e. The number of methoxy groups -OCH3 is 1. The first-order valence-electron chi connectivity index (χ1n) is 5.31. The van der Waals surface area contributed by atoms with Crippen molar-refractivity contribution in [3.63, 3.8) is 0 Å². The molecule has 0 aliphatic carbocycles. The van der Waals surface area contributed by atoms with E-state index < -0.39 is 44.1 Å². The molecule has 0 spiro atoms. The van der Waals surface area contributed by atoms with Gasteiger partial charge in [0.1, 0.15) is 5.75 Å². The maximum atomic E-state index is 12.6. The van der Waals surface area contributed by atoms with Crippen LogP contribution in [0.2, 0.25) is 0 Å². The monoisotopic (exact) mass is 329 g/mol. The summed E-state index contributed by atoms with van der Waals surface area (Å²) in [5.74, 6) is 0.0286. The highest BCUT2D eigenvalue weighted by Gasteiger charge is 2.48. The van der Waals surface area contributed by atoms with Crippen LogP contribution in [-0.2, 0) is 16.5 Å². The average Bonchev–Trinajstić information content (AvgIpc) is 2.32. The summed E-state index contributed by atoms with van der Waals surface area (Å²) in [4.78, 5) is 9.86. The molecule has 0 saturated carbocycles. The minimum Gasteiger partial charge on any atom is -0.497 e. The van der Waals surface area contributed by atoms with E-state index in [9.17, 15) is 31.7 Å². The number of nitro benzene ring substituents is 1. The molecule has 7 nitrogen and oxygen atoms in total. The third-order valence-corrected chi connectivity index (χ3v) is 3.77. The fourth-order valence-corrected chi connectivity index (χ4v) is 2.33. The van der Waals surface area contributed by atoms with E-state index in [2.05, 4.69) is 0 Å². The average molecular weight is 329 g/mol. The van der Waals surface area contributed by atoms with Crippen molar-refractivity contribution in [2.24, 2.45) is 0 Å². The molecule has 1 unspecified atom stereocenters. The molecule has 0 heterocycles. The Bertz CT molecular complexity index is 643. The Morgan fingerprint density at radius 3 is 2.38 bits per heavy atom. The van der Waals surface area contributed by atoms with Crippen LogP contribution in [0.3, 0.4) is 0 Å². The Morgan fingerprint density at radius 2 is 2.00 bits per heavy atom. The zero-order valence-corrected chi connectivity index (χ0v) is 11.3. The number of alkyl halides is 3. The topological polar surface area (TPSA) is 107 Å². The van der Waals surface area contributed by atoms with Crippen LogP contribution in [0.15, 0.2) is 18.2 Å². The van der Waals surface area contributed by atoms with E-state index in [0.29, 0.717) is 0 Å². The van der Waals surface area contributed by atoms with E-state index in [4.69, 9.17) is 9.29 Å². The largest absolute Gasteiger partial charge is 0.497 e. The summed E-state index contributed by atoms with van der Waals surface area (Å²) < 4.78 is 73.0. The highest BCUT2D eigenvalue weighted by Crippen LogP contribution is 2.32. The van der Waals surface area contributed by atoms with E-state index in [1.54, 1.807) is 0 Å². The molecule has 0 aliphatic heterocycles. The zero-order valence-electron chi connectivity index (χ0n) is 10.5. The Kier molecular flexibility index (Phi) is 4.79. The lowest BCUT2D eigenvalue weighted by molar-refractivity contribution is -0.385. The molecule has 0 aromatic heterocycles. The maximum absolute atomic E-state index is 12.6. The van der Waals surface area contributed by atoms with Crippen molar-refractivity contribution in [2.75, 3.05) is 7.11 Å². The molecule has 11 heteroatoms. The minimum atomic E-state index is -5.46. The Hall–Kier alpha value is -1.88. The lowest BCUT2D eigenvalue weighted by atomic mass is 10.1. The number of nitrogens with zero attached hydrogens (tertiary/aromatic N) is 1. The van der Waals surface area contributed by atoms with Gasteiger partial charge in [0, 0.05) is 12.0 Å². The van der Waals surface area contributed by atoms with Gasteiger partial charge in [0.15, 0.2) is 5.25 Å². The summed E-state index contributed by atoms with van der Waals surface area (Å²) >= 11 is 0. The quantitative estimate of drug-likeness (QED) is 0.503. The van der Waals surface area contributed by atoms with Gasteiger partial charge in [-0.1, -0.05) is 0 Å². The van der Waals surface area contributed by atoms with Gasteiger partial charge in [-0.05, 0) is 12.1 Å².